The van der Waals surface area contributed by atoms with Crippen LogP contribution in [-0.4, -0.2) is 11.1 Å². The third kappa shape index (κ3) is 2.15. The quantitative estimate of drug-likeness (QED) is 0.766. The maximum absolute atomic E-state index is 11.2. The van der Waals surface area contributed by atoms with Crippen LogP contribution in [0.3, 0.4) is 0 Å². The Balaban J connectivity index is 2.08. The van der Waals surface area contributed by atoms with E-state index in [0.717, 1.165) is 12.0 Å². The minimum Gasteiger partial charge on any atom is -0.481 e. The van der Waals surface area contributed by atoms with E-state index in [4.69, 9.17) is 0 Å². The van der Waals surface area contributed by atoms with Crippen LogP contribution in [0.4, 0.5) is 0 Å². The molecular weight excluding hydrogens is 256 g/mol. The molecule has 0 amide bonds. The van der Waals surface area contributed by atoms with Crippen molar-refractivity contribution in [1.82, 2.24) is 0 Å². The summed E-state index contributed by atoms with van der Waals surface area (Å²) in [4.78, 5) is 13.7. The van der Waals surface area contributed by atoms with E-state index in [-0.39, 0.29) is 0 Å². The minimum atomic E-state index is -0.766. The molecule has 0 radical (unpaired) electrons. The smallest absolute Gasteiger partial charge is 0.310 e. The SMILES string of the molecule is CC(C(=O)O)c1cccc2c1Cc1ccccc1S2. The summed E-state index contributed by atoms with van der Waals surface area (Å²) in [7, 11) is 0. The summed E-state index contributed by atoms with van der Waals surface area (Å²) in [5.41, 5.74) is 3.39. The lowest BCUT2D eigenvalue weighted by atomic mass is 9.91. The van der Waals surface area contributed by atoms with E-state index < -0.39 is 11.9 Å². The first kappa shape index (κ1) is 12.3. The van der Waals surface area contributed by atoms with Crippen molar-refractivity contribution in [2.45, 2.75) is 29.1 Å². The molecule has 0 bridgehead atoms. The van der Waals surface area contributed by atoms with Crippen molar-refractivity contribution in [1.29, 1.82) is 0 Å². The number of hydrogen-bond donors (Lipinski definition) is 1. The van der Waals surface area contributed by atoms with E-state index in [2.05, 4.69) is 18.2 Å². The molecule has 1 aliphatic rings. The van der Waals surface area contributed by atoms with Gasteiger partial charge < -0.3 is 5.11 Å². The van der Waals surface area contributed by atoms with Crippen LogP contribution in [0.25, 0.3) is 0 Å². The fourth-order valence-electron chi connectivity index (χ4n) is 2.46. The molecular formula is C16H14O2S. The van der Waals surface area contributed by atoms with Gasteiger partial charge in [0.2, 0.25) is 0 Å². The van der Waals surface area contributed by atoms with Crippen molar-refractivity contribution >= 4 is 17.7 Å². The van der Waals surface area contributed by atoms with E-state index in [1.54, 1.807) is 18.7 Å². The third-order valence-corrected chi connectivity index (χ3v) is 4.79. The van der Waals surface area contributed by atoms with Crippen molar-refractivity contribution in [2.24, 2.45) is 0 Å². The standard InChI is InChI=1S/C16H14O2S/c1-10(16(17)18)12-6-4-8-15-13(12)9-11-5-2-3-7-14(11)19-15/h2-8,10H,9H2,1H3,(H,17,18). The Morgan fingerprint density at radius 2 is 1.89 bits per heavy atom. The van der Waals surface area contributed by atoms with Gasteiger partial charge >= 0.3 is 5.97 Å². The van der Waals surface area contributed by atoms with Gasteiger partial charge in [-0.1, -0.05) is 42.1 Å². The van der Waals surface area contributed by atoms with Crippen LogP contribution in [0.15, 0.2) is 52.3 Å². The Labute approximate surface area is 116 Å². The lowest BCUT2D eigenvalue weighted by Crippen LogP contribution is -2.12. The monoisotopic (exact) mass is 270 g/mol. The molecule has 0 aliphatic carbocycles. The molecule has 19 heavy (non-hydrogen) atoms. The van der Waals surface area contributed by atoms with Crippen molar-refractivity contribution < 1.29 is 9.90 Å². The van der Waals surface area contributed by atoms with Gasteiger partial charge in [-0.05, 0) is 42.2 Å². The van der Waals surface area contributed by atoms with E-state index in [1.165, 1.54) is 20.9 Å². The molecule has 2 aromatic carbocycles. The zero-order chi connectivity index (χ0) is 13.4. The summed E-state index contributed by atoms with van der Waals surface area (Å²) in [6.07, 6.45) is 0.826. The molecule has 3 rings (SSSR count). The predicted molar refractivity (Wildman–Crippen MR) is 75.9 cm³/mol. The lowest BCUT2D eigenvalue weighted by molar-refractivity contribution is -0.138. The second kappa shape index (κ2) is 4.74. The number of carboxylic acid groups (broad SMARTS) is 1. The summed E-state index contributed by atoms with van der Waals surface area (Å²) in [5, 5.41) is 9.23. The highest BCUT2D eigenvalue weighted by molar-refractivity contribution is 7.99. The highest BCUT2D eigenvalue weighted by Crippen LogP contribution is 2.41. The first-order valence-corrected chi connectivity index (χ1v) is 7.09. The Kier molecular flexibility index (Phi) is 3.07. The molecule has 1 heterocycles. The summed E-state index contributed by atoms with van der Waals surface area (Å²) >= 11 is 1.73. The average molecular weight is 270 g/mol. The highest BCUT2D eigenvalue weighted by atomic mass is 32.2. The fourth-order valence-corrected chi connectivity index (χ4v) is 3.58. The van der Waals surface area contributed by atoms with E-state index in [1.807, 2.05) is 24.3 Å². The van der Waals surface area contributed by atoms with Gasteiger partial charge in [0.05, 0.1) is 5.92 Å². The first-order valence-electron chi connectivity index (χ1n) is 6.27. The fraction of sp³-hybridized carbons (Fsp3) is 0.188. The molecule has 1 N–H and O–H groups in total. The first-order chi connectivity index (χ1) is 9.16. The molecule has 0 fully saturated rings. The predicted octanol–water partition coefficient (Wildman–Crippen LogP) is 3.93. The Bertz CT molecular complexity index is 649. The van der Waals surface area contributed by atoms with Crippen LogP contribution in [0, 0.1) is 0 Å². The van der Waals surface area contributed by atoms with Crippen molar-refractivity contribution in [3.63, 3.8) is 0 Å². The molecule has 1 atom stereocenters. The van der Waals surface area contributed by atoms with Gasteiger partial charge in [0, 0.05) is 9.79 Å². The number of aliphatic carboxylic acids is 1. The van der Waals surface area contributed by atoms with Gasteiger partial charge in [0.1, 0.15) is 0 Å². The lowest BCUT2D eigenvalue weighted by Gasteiger charge is -2.23. The molecule has 2 nitrogen and oxygen atoms in total. The van der Waals surface area contributed by atoms with Crippen LogP contribution in [-0.2, 0) is 11.2 Å². The van der Waals surface area contributed by atoms with Crippen LogP contribution in [0.1, 0.15) is 29.5 Å². The zero-order valence-electron chi connectivity index (χ0n) is 10.6. The summed E-state index contributed by atoms with van der Waals surface area (Å²) in [6.45, 7) is 1.75. The van der Waals surface area contributed by atoms with Crippen molar-refractivity contribution in [2.75, 3.05) is 0 Å². The van der Waals surface area contributed by atoms with Crippen LogP contribution in [0.5, 0.6) is 0 Å². The summed E-state index contributed by atoms with van der Waals surface area (Å²) in [6, 6.07) is 14.3. The van der Waals surface area contributed by atoms with Gasteiger partial charge in [-0.2, -0.15) is 0 Å². The van der Waals surface area contributed by atoms with Crippen LogP contribution >= 0.6 is 11.8 Å². The van der Waals surface area contributed by atoms with E-state index in [9.17, 15) is 9.90 Å². The average Bonchev–Trinajstić information content (AvgIpc) is 2.43. The maximum atomic E-state index is 11.2. The Hall–Kier alpha value is -1.74. The molecule has 1 unspecified atom stereocenters. The minimum absolute atomic E-state index is 0.458. The molecule has 0 saturated heterocycles. The Morgan fingerprint density at radius 1 is 1.16 bits per heavy atom. The van der Waals surface area contributed by atoms with E-state index >= 15 is 0 Å². The number of benzene rings is 2. The van der Waals surface area contributed by atoms with Crippen LogP contribution < -0.4 is 0 Å². The van der Waals surface area contributed by atoms with Gasteiger partial charge in [-0.25, -0.2) is 0 Å². The molecule has 0 aromatic heterocycles. The zero-order valence-corrected chi connectivity index (χ0v) is 11.4. The van der Waals surface area contributed by atoms with Gasteiger partial charge in [0.25, 0.3) is 0 Å². The molecule has 1 aliphatic heterocycles. The second-order valence-electron chi connectivity index (χ2n) is 4.77. The Morgan fingerprint density at radius 3 is 2.68 bits per heavy atom. The number of fused-ring (bicyclic) bond motifs is 2. The van der Waals surface area contributed by atoms with Crippen molar-refractivity contribution in [3.05, 3.63) is 59.2 Å². The molecule has 0 saturated carbocycles. The van der Waals surface area contributed by atoms with Crippen LogP contribution in [0.2, 0.25) is 0 Å². The third-order valence-electron chi connectivity index (χ3n) is 3.57. The van der Waals surface area contributed by atoms with Gasteiger partial charge in [0.15, 0.2) is 0 Å². The number of carbonyl (C=O) groups is 1. The molecule has 96 valence electrons. The molecule has 2 aromatic rings. The normalized spacial score (nSPS) is 14.4. The number of hydrogen-bond acceptors (Lipinski definition) is 2. The maximum Gasteiger partial charge on any atom is 0.310 e. The topological polar surface area (TPSA) is 37.3 Å². The summed E-state index contributed by atoms with van der Waals surface area (Å²) < 4.78 is 0. The highest BCUT2D eigenvalue weighted by Gasteiger charge is 2.23. The van der Waals surface area contributed by atoms with Gasteiger partial charge in [-0.15, -0.1) is 0 Å². The largest absolute Gasteiger partial charge is 0.481 e. The summed E-state index contributed by atoms with van der Waals surface area (Å²) in [5.74, 6) is -1.22. The van der Waals surface area contributed by atoms with E-state index in [0.29, 0.717) is 0 Å². The van der Waals surface area contributed by atoms with Gasteiger partial charge in [-0.3, -0.25) is 4.79 Å². The molecule has 0 spiro atoms. The van der Waals surface area contributed by atoms with Crippen molar-refractivity contribution in [3.8, 4) is 0 Å². The number of carboxylic acids is 1. The second-order valence-corrected chi connectivity index (χ2v) is 5.85. The number of rotatable bonds is 2. The molecule has 3 heteroatoms.